The molecule has 0 atom stereocenters. The molecule has 0 aromatic carbocycles. The molecular weight excluding hydrogens is 263 g/mol. The molecule has 0 saturated carbocycles. The Morgan fingerprint density at radius 2 is 2.20 bits per heavy atom. The van der Waals surface area contributed by atoms with E-state index in [1.165, 1.54) is 0 Å². The monoisotopic (exact) mass is 268 g/mol. The van der Waals surface area contributed by atoms with E-state index < -0.39 is 6.03 Å². The minimum atomic E-state index is -0.421. The molecule has 2 radical (unpaired) electrons. The van der Waals surface area contributed by atoms with Gasteiger partial charge in [-0.25, -0.2) is 0 Å². The van der Waals surface area contributed by atoms with Gasteiger partial charge in [-0.05, 0) is 0 Å². The summed E-state index contributed by atoms with van der Waals surface area (Å²) in [5.74, 6) is 0. The van der Waals surface area contributed by atoms with E-state index in [0.717, 1.165) is 0 Å². The van der Waals surface area contributed by atoms with Gasteiger partial charge in [-0.2, -0.15) is 0 Å². The SMILES string of the molecule is NC(=O)[NH][PbH]. The molecular formula is CH4N2OPb. The first-order valence-electron chi connectivity index (χ1n) is 1.03. The number of hydrogen-bond donors (Lipinski definition) is 2. The van der Waals surface area contributed by atoms with E-state index in [-0.39, 0.29) is 0 Å². The minimum absolute atomic E-state index is 0.421. The van der Waals surface area contributed by atoms with E-state index in [9.17, 15) is 4.79 Å². The number of carbonyl (C=O) groups is 1. The molecule has 0 aromatic heterocycles. The van der Waals surface area contributed by atoms with Crippen LogP contribution in [0.5, 0.6) is 0 Å². The third-order valence-electron chi connectivity index (χ3n) is 0.142. The number of urea groups is 1. The molecule has 0 fully saturated rings. The molecule has 3 N–H and O–H groups in total. The van der Waals surface area contributed by atoms with Gasteiger partial charge in [-0.15, -0.1) is 0 Å². The van der Waals surface area contributed by atoms with Crippen molar-refractivity contribution in [2.24, 2.45) is 5.73 Å². The van der Waals surface area contributed by atoms with Crippen LogP contribution in [0.1, 0.15) is 0 Å². The average molecular weight is 267 g/mol. The number of carbonyl (C=O) groups excluding carboxylic acids is 1. The molecule has 2 amide bonds. The van der Waals surface area contributed by atoms with Crippen molar-refractivity contribution in [1.29, 1.82) is 0 Å². The summed E-state index contributed by atoms with van der Waals surface area (Å²) < 4.78 is 2.33. The summed E-state index contributed by atoms with van der Waals surface area (Å²) in [6, 6.07) is -0.421. The van der Waals surface area contributed by atoms with Gasteiger partial charge < -0.3 is 0 Å². The molecule has 0 bridgehead atoms. The first-order chi connectivity index (χ1) is 2.27. The maximum atomic E-state index is 9.52. The Morgan fingerprint density at radius 1 is 2.00 bits per heavy atom. The van der Waals surface area contributed by atoms with Crippen molar-refractivity contribution in [2.45, 2.75) is 0 Å². The zero-order chi connectivity index (χ0) is 4.28. The van der Waals surface area contributed by atoms with Gasteiger partial charge in [0, 0.05) is 0 Å². The molecule has 4 heteroatoms. The molecule has 0 rings (SSSR count). The second kappa shape index (κ2) is 2.43. The van der Waals surface area contributed by atoms with Crippen molar-refractivity contribution in [3.8, 4) is 0 Å². The van der Waals surface area contributed by atoms with Crippen LogP contribution in [0.15, 0.2) is 0 Å². The maximum absolute atomic E-state index is 9.52. The molecule has 0 aliphatic carbocycles. The number of rotatable bonds is 0. The second-order valence-corrected chi connectivity index (χ2v) is 1.63. The molecule has 0 unspecified atom stereocenters. The fraction of sp³-hybridized carbons (Fsp3) is 0. The third-order valence-corrected chi connectivity index (χ3v) is 1.25. The standard InChI is InChI=1S/CH4N2O.Pb.H/c2-1(3)4;;/h(H4,2,3,4);;/q;+1;/p-1. The van der Waals surface area contributed by atoms with E-state index in [2.05, 4.69) is 8.86 Å². The van der Waals surface area contributed by atoms with Crippen molar-refractivity contribution >= 4 is 32.1 Å². The molecule has 0 heterocycles. The van der Waals surface area contributed by atoms with Crippen molar-refractivity contribution in [3.05, 3.63) is 0 Å². The van der Waals surface area contributed by atoms with Crippen LogP contribution in [0.4, 0.5) is 4.79 Å². The van der Waals surface area contributed by atoms with Crippen LogP contribution >= 0.6 is 0 Å². The second-order valence-electron chi connectivity index (χ2n) is 0.509. The Bertz CT molecular complexity index is 44.9. The molecule has 0 saturated heterocycles. The van der Waals surface area contributed by atoms with Crippen LogP contribution in [0.25, 0.3) is 0 Å². The number of nitrogens with one attached hydrogen (secondary N) is 1. The van der Waals surface area contributed by atoms with Crippen molar-refractivity contribution in [1.82, 2.24) is 3.13 Å². The molecule has 28 valence electrons. The average Bonchev–Trinajstić information content (AvgIpc) is 1.38. The first kappa shape index (κ1) is 5.19. The fourth-order valence-electron chi connectivity index (χ4n) is 0. The van der Waals surface area contributed by atoms with E-state index in [0.29, 0.717) is 26.1 Å². The normalized spacial score (nSPS) is 6.60. The summed E-state index contributed by atoms with van der Waals surface area (Å²) in [6.45, 7) is 0. The quantitative estimate of drug-likeness (QED) is 0.514. The topological polar surface area (TPSA) is 55.1 Å². The van der Waals surface area contributed by atoms with Crippen LogP contribution in [0.3, 0.4) is 0 Å². The Hall–Kier alpha value is 0.192. The summed E-state index contributed by atoms with van der Waals surface area (Å²) in [5.41, 5.74) is 4.58. The van der Waals surface area contributed by atoms with E-state index in [1.54, 1.807) is 0 Å². The van der Waals surface area contributed by atoms with Gasteiger partial charge in [0.05, 0.1) is 0 Å². The summed E-state index contributed by atoms with van der Waals surface area (Å²) in [4.78, 5) is 9.52. The predicted molar refractivity (Wildman–Crippen MR) is 19.9 cm³/mol. The van der Waals surface area contributed by atoms with E-state index >= 15 is 0 Å². The predicted octanol–water partition coefficient (Wildman–Crippen LogP) is -1.53. The van der Waals surface area contributed by atoms with Crippen LogP contribution in [-0.2, 0) is 0 Å². The Morgan fingerprint density at radius 3 is 2.20 bits per heavy atom. The first-order valence-corrected chi connectivity index (χ1v) is 3.28. The van der Waals surface area contributed by atoms with Crippen LogP contribution in [0.2, 0.25) is 0 Å². The molecule has 0 aromatic rings. The molecule has 0 spiro atoms. The third kappa shape index (κ3) is 4.19. The zero-order valence-corrected chi connectivity index (χ0v) is 7.05. The van der Waals surface area contributed by atoms with Crippen molar-refractivity contribution < 1.29 is 4.79 Å². The number of hydrogen-bond acceptors (Lipinski definition) is 1. The molecule has 3 nitrogen and oxygen atoms in total. The van der Waals surface area contributed by atoms with Gasteiger partial charge in [-0.3, -0.25) is 0 Å². The summed E-state index contributed by atoms with van der Waals surface area (Å²) >= 11 is 0.484. The van der Waals surface area contributed by atoms with E-state index in [1.807, 2.05) is 0 Å². The van der Waals surface area contributed by atoms with Gasteiger partial charge in [0.1, 0.15) is 0 Å². The van der Waals surface area contributed by atoms with Gasteiger partial charge in [0.25, 0.3) is 0 Å². The number of amides is 2. The van der Waals surface area contributed by atoms with Crippen LogP contribution < -0.4 is 8.86 Å². The number of nitrogens with two attached hydrogens (primary N) is 1. The Labute approximate surface area is 46.0 Å². The summed E-state index contributed by atoms with van der Waals surface area (Å²) in [5, 5.41) is 0. The van der Waals surface area contributed by atoms with E-state index in [4.69, 9.17) is 0 Å². The summed E-state index contributed by atoms with van der Waals surface area (Å²) in [7, 11) is 0. The van der Waals surface area contributed by atoms with Crippen molar-refractivity contribution in [3.63, 3.8) is 0 Å². The van der Waals surface area contributed by atoms with Gasteiger partial charge in [0.15, 0.2) is 0 Å². The van der Waals surface area contributed by atoms with Gasteiger partial charge in [0.2, 0.25) is 0 Å². The van der Waals surface area contributed by atoms with Gasteiger partial charge in [-0.1, -0.05) is 0 Å². The Balaban J connectivity index is 2.85. The molecule has 0 aliphatic heterocycles. The fourth-order valence-corrected chi connectivity index (χ4v) is 0. The van der Waals surface area contributed by atoms with Crippen molar-refractivity contribution in [2.75, 3.05) is 0 Å². The Kier molecular flexibility index (Phi) is 2.52. The molecule has 5 heavy (non-hydrogen) atoms. The number of primary amides is 1. The summed E-state index contributed by atoms with van der Waals surface area (Å²) in [6.07, 6.45) is 0. The molecule has 0 aliphatic rings. The van der Waals surface area contributed by atoms with Crippen LogP contribution in [-0.4, -0.2) is 32.1 Å². The van der Waals surface area contributed by atoms with Gasteiger partial charge >= 0.3 is 45.8 Å². The zero-order valence-electron chi connectivity index (χ0n) is 2.56. The van der Waals surface area contributed by atoms with Crippen LogP contribution in [0, 0.1) is 0 Å².